The lowest BCUT2D eigenvalue weighted by atomic mass is 9.70. The van der Waals surface area contributed by atoms with E-state index in [9.17, 15) is 19.5 Å². The van der Waals surface area contributed by atoms with Crippen molar-refractivity contribution in [2.45, 2.75) is 54.7 Å². The Morgan fingerprint density at radius 2 is 1.59 bits per heavy atom. The molecule has 5 rings (SSSR count). The van der Waals surface area contributed by atoms with Crippen molar-refractivity contribution in [3.63, 3.8) is 0 Å². The molecule has 234 valence electrons. The van der Waals surface area contributed by atoms with Gasteiger partial charge < -0.3 is 24.5 Å². The van der Waals surface area contributed by atoms with Gasteiger partial charge in [0.25, 0.3) is 5.91 Å². The van der Waals surface area contributed by atoms with Crippen molar-refractivity contribution < 1.29 is 24.2 Å². The summed E-state index contributed by atoms with van der Waals surface area (Å²) >= 11 is 9.93. The summed E-state index contributed by atoms with van der Waals surface area (Å²) in [7, 11) is 0. The molecular formula is C34H39BrClN3O5. The van der Waals surface area contributed by atoms with Crippen LogP contribution < -0.4 is 9.80 Å². The van der Waals surface area contributed by atoms with E-state index < -0.39 is 29.6 Å². The highest BCUT2D eigenvalue weighted by atomic mass is 79.9. The van der Waals surface area contributed by atoms with Crippen molar-refractivity contribution in [1.82, 2.24) is 4.90 Å². The molecule has 3 aliphatic rings. The number of anilines is 2. The first kappa shape index (κ1) is 32.4. The normalized spacial score (nSPS) is 26.8. The molecule has 1 spiro atoms. The van der Waals surface area contributed by atoms with Crippen molar-refractivity contribution in [3.05, 3.63) is 84.9 Å². The SMILES string of the molecule is C=CCN(C(=O)C1N(CCCCCCO)C(=O)[C@@H]2[C@H](C(=O)N(CC=C)c3ccccc3)[C@H]3OC12CC3Br)c1ccc(Cl)cc1. The molecule has 3 saturated heterocycles. The Kier molecular flexibility index (Phi) is 10.3. The lowest BCUT2D eigenvalue weighted by Crippen LogP contribution is -2.57. The lowest BCUT2D eigenvalue weighted by molar-refractivity contribution is -0.140. The van der Waals surface area contributed by atoms with Crippen LogP contribution >= 0.6 is 27.5 Å². The second-order valence-electron chi connectivity index (χ2n) is 11.6. The molecule has 10 heteroatoms. The van der Waals surface area contributed by atoms with Gasteiger partial charge in [-0.15, -0.1) is 13.2 Å². The third kappa shape index (κ3) is 5.87. The number of carbonyl (C=O) groups excluding carboxylic acids is 3. The van der Waals surface area contributed by atoms with E-state index >= 15 is 0 Å². The fourth-order valence-corrected chi connectivity index (χ4v) is 8.21. The van der Waals surface area contributed by atoms with Crippen molar-refractivity contribution in [3.8, 4) is 0 Å². The summed E-state index contributed by atoms with van der Waals surface area (Å²) in [5, 5.41) is 9.77. The third-order valence-electron chi connectivity index (χ3n) is 8.98. The molecule has 2 aromatic rings. The van der Waals surface area contributed by atoms with Gasteiger partial charge in [-0.1, -0.05) is 70.7 Å². The predicted octanol–water partition coefficient (Wildman–Crippen LogP) is 5.38. The van der Waals surface area contributed by atoms with Gasteiger partial charge in [-0.05, 0) is 55.7 Å². The second kappa shape index (κ2) is 14.0. The van der Waals surface area contributed by atoms with Crippen molar-refractivity contribution in [1.29, 1.82) is 0 Å². The van der Waals surface area contributed by atoms with Crippen LogP contribution in [-0.4, -0.2) is 76.5 Å². The molecular weight excluding hydrogens is 646 g/mol. The van der Waals surface area contributed by atoms with E-state index in [4.69, 9.17) is 16.3 Å². The van der Waals surface area contributed by atoms with Crippen LogP contribution in [0.3, 0.4) is 0 Å². The van der Waals surface area contributed by atoms with Crippen LogP contribution in [0.1, 0.15) is 32.1 Å². The largest absolute Gasteiger partial charge is 0.396 e. The van der Waals surface area contributed by atoms with Gasteiger partial charge in [0.15, 0.2) is 0 Å². The van der Waals surface area contributed by atoms with E-state index in [0.29, 0.717) is 42.2 Å². The molecule has 0 aliphatic carbocycles. The number of rotatable bonds is 14. The molecule has 2 aromatic carbocycles. The quantitative estimate of drug-likeness (QED) is 0.164. The van der Waals surface area contributed by atoms with Crippen LogP contribution in [0.25, 0.3) is 0 Å². The average Bonchev–Trinajstić information content (AvgIpc) is 3.62. The number of carbonyl (C=O) groups is 3. The Labute approximate surface area is 272 Å². The fraction of sp³-hybridized carbons (Fsp3) is 0.441. The number of unbranched alkanes of at least 4 members (excludes halogenated alkanes) is 3. The van der Waals surface area contributed by atoms with Crippen molar-refractivity contribution in [2.24, 2.45) is 11.8 Å². The van der Waals surface area contributed by atoms with Gasteiger partial charge in [0, 0.05) is 47.5 Å². The topological polar surface area (TPSA) is 90.4 Å². The minimum atomic E-state index is -1.18. The summed E-state index contributed by atoms with van der Waals surface area (Å²) < 4.78 is 6.75. The highest BCUT2D eigenvalue weighted by Gasteiger charge is 2.76. The third-order valence-corrected chi connectivity index (χ3v) is 10.1. The van der Waals surface area contributed by atoms with E-state index in [1.165, 1.54) is 0 Å². The lowest BCUT2D eigenvalue weighted by Gasteiger charge is -2.37. The van der Waals surface area contributed by atoms with Gasteiger partial charge in [0.1, 0.15) is 11.6 Å². The maximum absolute atomic E-state index is 14.7. The summed E-state index contributed by atoms with van der Waals surface area (Å²) in [6.45, 7) is 8.68. The highest BCUT2D eigenvalue weighted by molar-refractivity contribution is 9.09. The molecule has 0 aromatic heterocycles. The standard InChI is InChI=1S/C34H39BrClN3O5/c1-3-18-37(24-12-8-7-9-13-24)31(41)27-28-32(42)39(20-10-5-6-11-21-40)30(34(28)22-26(35)29(27)44-34)33(43)38(19-4-2)25-16-14-23(36)15-17-25/h3-4,7-9,12-17,26-30,40H,1-2,5-6,10-11,18-22H2/t26?,27-,28-,29-,30?,34?/m0/s1. The van der Waals surface area contributed by atoms with E-state index in [1.807, 2.05) is 30.3 Å². The van der Waals surface area contributed by atoms with Crippen LogP contribution in [0.4, 0.5) is 11.4 Å². The zero-order chi connectivity index (χ0) is 31.4. The van der Waals surface area contributed by atoms with E-state index in [1.54, 1.807) is 51.1 Å². The Bertz CT molecular complexity index is 1370. The molecule has 3 aliphatic heterocycles. The van der Waals surface area contributed by atoms with E-state index in [-0.39, 0.29) is 42.2 Å². The number of para-hydroxylation sites is 1. The van der Waals surface area contributed by atoms with Gasteiger partial charge in [-0.25, -0.2) is 0 Å². The summed E-state index contributed by atoms with van der Waals surface area (Å²) in [6, 6.07) is 15.4. The molecule has 3 amide bonds. The van der Waals surface area contributed by atoms with Crippen LogP contribution in [0, 0.1) is 11.8 Å². The zero-order valence-electron chi connectivity index (χ0n) is 24.7. The first-order valence-electron chi connectivity index (χ1n) is 15.2. The molecule has 0 radical (unpaired) electrons. The number of halogens is 2. The molecule has 8 nitrogen and oxygen atoms in total. The average molecular weight is 685 g/mol. The molecule has 6 atom stereocenters. The van der Waals surface area contributed by atoms with Gasteiger partial charge in [-0.2, -0.15) is 0 Å². The molecule has 44 heavy (non-hydrogen) atoms. The number of hydrogen-bond donors (Lipinski definition) is 1. The minimum absolute atomic E-state index is 0.112. The number of benzene rings is 2. The van der Waals surface area contributed by atoms with Gasteiger partial charge in [0.2, 0.25) is 11.8 Å². The molecule has 1 N–H and O–H groups in total. The summed E-state index contributed by atoms with van der Waals surface area (Å²) in [4.78, 5) is 48.3. The number of hydrogen-bond acceptors (Lipinski definition) is 5. The Balaban J connectivity index is 1.55. The number of alkyl halides is 1. The first-order valence-corrected chi connectivity index (χ1v) is 16.5. The fourth-order valence-electron chi connectivity index (χ4n) is 7.14. The van der Waals surface area contributed by atoms with E-state index in [0.717, 1.165) is 12.8 Å². The second-order valence-corrected chi connectivity index (χ2v) is 13.2. The highest BCUT2D eigenvalue weighted by Crippen LogP contribution is 2.60. The predicted molar refractivity (Wildman–Crippen MR) is 176 cm³/mol. The first-order chi connectivity index (χ1) is 21.3. The van der Waals surface area contributed by atoms with Gasteiger partial charge in [0.05, 0.1) is 17.9 Å². The molecule has 2 bridgehead atoms. The van der Waals surface area contributed by atoms with Gasteiger partial charge >= 0.3 is 0 Å². The number of aliphatic hydroxyl groups excluding tert-OH is 1. The van der Waals surface area contributed by atoms with Crippen molar-refractivity contribution >= 4 is 56.6 Å². The summed E-state index contributed by atoms with van der Waals surface area (Å²) in [5.41, 5.74) is 0.159. The Morgan fingerprint density at radius 1 is 0.977 bits per heavy atom. The summed E-state index contributed by atoms with van der Waals surface area (Å²) in [5.74, 6) is -2.32. The number of nitrogens with zero attached hydrogens (tertiary/aromatic N) is 3. The number of ether oxygens (including phenoxy) is 1. The van der Waals surface area contributed by atoms with Crippen molar-refractivity contribution in [2.75, 3.05) is 36.0 Å². The zero-order valence-corrected chi connectivity index (χ0v) is 27.0. The number of fused-ring (bicyclic) bond motifs is 1. The van der Waals surface area contributed by atoms with Crippen LogP contribution in [0.2, 0.25) is 5.02 Å². The Morgan fingerprint density at radius 3 is 2.23 bits per heavy atom. The van der Waals surface area contributed by atoms with Crippen LogP contribution in [0.5, 0.6) is 0 Å². The molecule has 3 unspecified atom stereocenters. The van der Waals surface area contributed by atoms with Crippen LogP contribution in [0.15, 0.2) is 79.9 Å². The summed E-state index contributed by atoms with van der Waals surface area (Å²) in [6.07, 6.45) is 6.12. The molecule has 3 fully saturated rings. The molecule has 3 heterocycles. The maximum atomic E-state index is 14.7. The number of aliphatic hydroxyl groups is 1. The Hall–Kier alpha value is -2.98. The van der Waals surface area contributed by atoms with Gasteiger partial charge in [-0.3, -0.25) is 14.4 Å². The maximum Gasteiger partial charge on any atom is 0.253 e. The van der Waals surface area contributed by atoms with Crippen LogP contribution in [-0.2, 0) is 19.1 Å². The number of amides is 3. The molecule has 0 saturated carbocycles. The monoisotopic (exact) mass is 683 g/mol. The number of likely N-dealkylation sites (tertiary alicyclic amines) is 1. The smallest absolute Gasteiger partial charge is 0.253 e. The van der Waals surface area contributed by atoms with E-state index in [2.05, 4.69) is 29.1 Å². The minimum Gasteiger partial charge on any atom is -0.396 e.